The summed E-state index contributed by atoms with van der Waals surface area (Å²) in [5.74, 6) is -0.338. The van der Waals surface area contributed by atoms with Crippen molar-refractivity contribution in [3.8, 4) is 0 Å². The summed E-state index contributed by atoms with van der Waals surface area (Å²) in [5, 5.41) is 27.2. The molecule has 0 aromatic heterocycles. The lowest BCUT2D eigenvalue weighted by molar-refractivity contribution is -0.151. The largest absolute Gasteiger partial charge is 0.465 e. The third-order valence-corrected chi connectivity index (χ3v) is 3.28. The van der Waals surface area contributed by atoms with Crippen LogP contribution in [0.2, 0.25) is 0 Å². The number of hydrogen-bond acceptors (Lipinski definition) is 5. The number of aliphatic hydroxyl groups excluding tert-OH is 3. The lowest BCUT2D eigenvalue weighted by Gasteiger charge is -2.26. The summed E-state index contributed by atoms with van der Waals surface area (Å²) in [6.45, 7) is 0.775. The van der Waals surface area contributed by atoms with Crippen molar-refractivity contribution in [2.45, 2.75) is 51.9 Å². The number of unbranched alkanes of at least 4 members (excludes halogenated alkanes) is 5. The van der Waals surface area contributed by atoms with Crippen LogP contribution in [0.25, 0.3) is 0 Å². The Labute approximate surface area is 115 Å². The number of esters is 1. The van der Waals surface area contributed by atoms with Crippen LogP contribution in [0.1, 0.15) is 51.9 Å². The molecule has 0 aromatic carbocycles. The predicted molar refractivity (Wildman–Crippen MR) is 72.6 cm³/mol. The molecule has 0 amide bonds. The van der Waals surface area contributed by atoms with E-state index in [1.807, 2.05) is 0 Å². The molecule has 0 spiro atoms. The summed E-state index contributed by atoms with van der Waals surface area (Å²) in [7, 11) is 0. The highest BCUT2D eigenvalue weighted by Gasteiger charge is 2.29. The van der Waals surface area contributed by atoms with Crippen molar-refractivity contribution in [1.82, 2.24) is 0 Å². The highest BCUT2D eigenvalue weighted by atomic mass is 16.5. The molecule has 0 heterocycles. The number of rotatable bonds is 12. The van der Waals surface area contributed by atoms with E-state index in [4.69, 9.17) is 20.1 Å². The molecule has 0 atom stereocenters. The first kappa shape index (κ1) is 18.4. The third-order valence-electron chi connectivity index (χ3n) is 3.28. The molecule has 0 aromatic rings. The van der Waals surface area contributed by atoms with Crippen molar-refractivity contribution >= 4 is 5.97 Å². The molecule has 0 rings (SSSR count). The minimum atomic E-state index is -1.13. The van der Waals surface area contributed by atoms with Crippen LogP contribution in [-0.4, -0.2) is 47.7 Å². The molecule has 19 heavy (non-hydrogen) atoms. The van der Waals surface area contributed by atoms with E-state index in [2.05, 4.69) is 6.92 Å². The van der Waals surface area contributed by atoms with Crippen molar-refractivity contribution in [3.05, 3.63) is 0 Å². The lowest BCUT2D eigenvalue weighted by atomic mass is 9.93. The van der Waals surface area contributed by atoms with Gasteiger partial charge in [0.05, 0.1) is 25.2 Å². The molecular weight excluding hydrogens is 248 g/mol. The second kappa shape index (κ2) is 11.2. The van der Waals surface area contributed by atoms with Crippen molar-refractivity contribution < 1.29 is 24.9 Å². The van der Waals surface area contributed by atoms with Gasteiger partial charge < -0.3 is 20.1 Å². The van der Waals surface area contributed by atoms with E-state index in [1.54, 1.807) is 0 Å². The fourth-order valence-electron chi connectivity index (χ4n) is 1.64. The van der Waals surface area contributed by atoms with Gasteiger partial charge in [-0.05, 0) is 6.42 Å². The molecule has 0 aliphatic rings. The van der Waals surface area contributed by atoms with Crippen LogP contribution in [-0.2, 0) is 9.53 Å². The average molecular weight is 276 g/mol. The van der Waals surface area contributed by atoms with Crippen LogP contribution in [0.5, 0.6) is 0 Å². The van der Waals surface area contributed by atoms with E-state index < -0.39 is 25.2 Å². The first-order valence-electron chi connectivity index (χ1n) is 7.12. The van der Waals surface area contributed by atoms with Gasteiger partial charge in [0.2, 0.25) is 0 Å². The monoisotopic (exact) mass is 276 g/mol. The van der Waals surface area contributed by atoms with Gasteiger partial charge in [0.1, 0.15) is 6.61 Å². The maximum atomic E-state index is 11.5. The van der Waals surface area contributed by atoms with Crippen molar-refractivity contribution in [2.24, 2.45) is 5.41 Å². The van der Waals surface area contributed by atoms with Crippen LogP contribution < -0.4 is 0 Å². The Balaban J connectivity index is 3.69. The normalized spacial score (nSPS) is 11.6. The van der Waals surface area contributed by atoms with Crippen LogP contribution in [0, 0.1) is 5.41 Å². The van der Waals surface area contributed by atoms with Crippen molar-refractivity contribution in [3.63, 3.8) is 0 Å². The minimum Gasteiger partial charge on any atom is -0.465 e. The summed E-state index contributed by atoms with van der Waals surface area (Å²) in [6, 6.07) is 0. The van der Waals surface area contributed by atoms with Gasteiger partial charge in [-0.1, -0.05) is 39.0 Å². The van der Waals surface area contributed by atoms with Crippen LogP contribution in [0.4, 0.5) is 0 Å². The van der Waals surface area contributed by atoms with Crippen molar-refractivity contribution in [2.75, 3.05) is 26.4 Å². The maximum absolute atomic E-state index is 11.5. The second-order valence-electron chi connectivity index (χ2n) is 5.15. The van der Waals surface area contributed by atoms with Crippen molar-refractivity contribution in [1.29, 1.82) is 0 Å². The van der Waals surface area contributed by atoms with E-state index in [-0.39, 0.29) is 12.6 Å². The second-order valence-corrected chi connectivity index (χ2v) is 5.15. The molecule has 0 radical (unpaired) electrons. The molecule has 0 saturated heterocycles. The van der Waals surface area contributed by atoms with Gasteiger partial charge >= 0.3 is 5.97 Å². The van der Waals surface area contributed by atoms with Gasteiger partial charge in [0, 0.05) is 6.42 Å². The Hall–Kier alpha value is -0.650. The molecule has 0 aliphatic heterocycles. The first-order valence-corrected chi connectivity index (χ1v) is 7.12. The Kier molecular flexibility index (Phi) is 10.8. The molecule has 5 nitrogen and oxygen atoms in total. The number of aliphatic hydroxyl groups is 3. The summed E-state index contributed by atoms with van der Waals surface area (Å²) in [6.07, 6.45) is 6.94. The molecule has 0 unspecified atom stereocenters. The van der Waals surface area contributed by atoms with Gasteiger partial charge in [-0.15, -0.1) is 0 Å². The van der Waals surface area contributed by atoms with Gasteiger partial charge in [0.15, 0.2) is 0 Å². The van der Waals surface area contributed by atoms with E-state index in [9.17, 15) is 4.79 Å². The maximum Gasteiger partial charge on any atom is 0.305 e. The molecule has 0 aliphatic carbocycles. The smallest absolute Gasteiger partial charge is 0.305 e. The fraction of sp³-hybridized carbons (Fsp3) is 0.929. The van der Waals surface area contributed by atoms with E-state index in [1.165, 1.54) is 19.3 Å². The highest BCUT2D eigenvalue weighted by Crippen LogP contribution is 2.16. The summed E-state index contributed by atoms with van der Waals surface area (Å²) >= 11 is 0. The zero-order chi connectivity index (χ0) is 14.6. The third kappa shape index (κ3) is 8.18. The number of carbonyl (C=O) groups is 1. The van der Waals surface area contributed by atoms with Crippen LogP contribution in [0.3, 0.4) is 0 Å². The molecule has 5 heteroatoms. The van der Waals surface area contributed by atoms with E-state index in [0.717, 1.165) is 19.3 Å². The first-order chi connectivity index (χ1) is 9.14. The predicted octanol–water partition coefficient (Wildman–Crippen LogP) is 1.24. The summed E-state index contributed by atoms with van der Waals surface area (Å²) in [4.78, 5) is 11.5. The number of carbonyl (C=O) groups excluding carboxylic acids is 1. The average Bonchev–Trinajstić information content (AvgIpc) is 2.45. The molecule has 114 valence electrons. The quantitative estimate of drug-likeness (QED) is 0.369. The van der Waals surface area contributed by atoms with Gasteiger partial charge in [-0.2, -0.15) is 0 Å². The highest BCUT2D eigenvalue weighted by molar-refractivity contribution is 5.69. The van der Waals surface area contributed by atoms with Gasteiger partial charge in [0.25, 0.3) is 0 Å². The fourth-order valence-corrected chi connectivity index (χ4v) is 1.64. The Bertz CT molecular complexity index is 218. The summed E-state index contributed by atoms with van der Waals surface area (Å²) < 4.78 is 4.99. The zero-order valence-corrected chi connectivity index (χ0v) is 11.9. The Morgan fingerprint density at radius 1 is 0.947 bits per heavy atom. The topological polar surface area (TPSA) is 87.0 Å². The van der Waals surface area contributed by atoms with Crippen LogP contribution >= 0.6 is 0 Å². The molecule has 0 saturated carbocycles. The van der Waals surface area contributed by atoms with Crippen LogP contribution in [0.15, 0.2) is 0 Å². The number of hydrogen-bond donors (Lipinski definition) is 3. The molecular formula is C14H28O5. The number of ether oxygens (including phenoxy) is 1. The molecule has 0 bridgehead atoms. The molecule has 0 fully saturated rings. The zero-order valence-electron chi connectivity index (χ0n) is 11.9. The SMILES string of the molecule is CCCCCCCCC(=O)OCC(CO)(CO)CO. The Morgan fingerprint density at radius 3 is 2.00 bits per heavy atom. The summed E-state index contributed by atoms with van der Waals surface area (Å²) in [5.41, 5.74) is -1.13. The van der Waals surface area contributed by atoms with E-state index in [0.29, 0.717) is 6.42 Å². The minimum absolute atomic E-state index is 0.148. The van der Waals surface area contributed by atoms with Gasteiger partial charge in [-0.25, -0.2) is 0 Å². The molecule has 3 N–H and O–H groups in total. The standard InChI is InChI=1S/C14H28O5/c1-2-3-4-5-6-7-8-13(18)19-12-14(9-15,10-16)11-17/h15-17H,2-12H2,1H3. The van der Waals surface area contributed by atoms with Gasteiger partial charge in [-0.3, -0.25) is 4.79 Å². The Morgan fingerprint density at radius 2 is 1.47 bits per heavy atom. The van der Waals surface area contributed by atoms with E-state index >= 15 is 0 Å². The lowest BCUT2D eigenvalue weighted by Crippen LogP contribution is -2.39.